The minimum absolute atomic E-state index is 0.123. The van der Waals surface area contributed by atoms with Gasteiger partial charge in [-0.1, -0.05) is 26.1 Å². The lowest BCUT2D eigenvalue weighted by molar-refractivity contribution is -0.0795. The van der Waals surface area contributed by atoms with E-state index in [2.05, 4.69) is 24.1 Å². The summed E-state index contributed by atoms with van der Waals surface area (Å²) in [5.41, 5.74) is 6.45. The summed E-state index contributed by atoms with van der Waals surface area (Å²) in [5, 5.41) is 3.42. The van der Waals surface area contributed by atoms with E-state index in [4.69, 9.17) is 22.7 Å². The Morgan fingerprint density at radius 2 is 2.28 bits per heavy atom. The van der Waals surface area contributed by atoms with Gasteiger partial charge >= 0.3 is 0 Å². The molecule has 0 amide bonds. The van der Waals surface area contributed by atoms with E-state index in [1.807, 2.05) is 12.1 Å². The van der Waals surface area contributed by atoms with Gasteiger partial charge in [0.1, 0.15) is 10.8 Å². The zero-order valence-corrected chi connectivity index (χ0v) is 11.8. The number of methoxy groups -OCH3 is 1. The third kappa shape index (κ3) is 2.33. The Hall–Kier alpha value is -1.20. The van der Waals surface area contributed by atoms with Gasteiger partial charge in [0.2, 0.25) is 0 Å². The van der Waals surface area contributed by atoms with Crippen molar-refractivity contribution in [3.63, 3.8) is 0 Å². The van der Waals surface area contributed by atoms with Crippen LogP contribution < -0.4 is 11.1 Å². The summed E-state index contributed by atoms with van der Waals surface area (Å²) in [4.78, 5) is 4.69. The molecule has 0 radical (unpaired) electrons. The fraction of sp³-hybridized carbons (Fsp3) is 0.538. The van der Waals surface area contributed by atoms with Gasteiger partial charge in [0, 0.05) is 30.3 Å². The second-order valence-corrected chi connectivity index (χ2v) is 5.71. The number of ether oxygens (including phenoxy) is 1. The first-order valence-corrected chi connectivity index (χ1v) is 6.41. The van der Waals surface area contributed by atoms with E-state index in [1.165, 1.54) is 0 Å². The number of rotatable bonds is 4. The smallest absolute Gasteiger partial charge is 0.126 e. The maximum Gasteiger partial charge on any atom is 0.126 e. The van der Waals surface area contributed by atoms with E-state index >= 15 is 0 Å². The van der Waals surface area contributed by atoms with Crippen LogP contribution in [0.2, 0.25) is 0 Å². The van der Waals surface area contributed by atoms with Gasteiger partial charge < -0.3 is 15.8 Å². The lowest BCUT2D eigenvalue weighted by Crippen LogP contribution is -2.57. The topological polar surface area (TPSA) is 60.2 Å². The maximum atomic E-state index is 5.54. The summed E-state index contributed by atoms with van der Waals surface area (Å²) in [6.07, 6.45) is 3.01. The van der Waals surface area contributed by atoms with Crippen LogP contribution in [0.15, 0.2) is 18.3 Å². The second-order valence-electron chi connectivity index (χ2n) is 5.27. The molecular formula is C13H19N3OS. The van der Waals surface area contributed by atoms with E-state index < -0.39 is 0 Å². The lowest BCUT2D eigenvalue weighted by Gasteiger charge is -2.51. The largest absolute Gasteiger partial charge is 0.389 e. The predicted octanol–water partition coefficient (Wildman–Crippen LogP) is 1.94. The molecule has 18 heavy (non-hydrogen) atoms. The Labute approximate surface area is 113 Å². The highest BCUT2D eigenvalue weighted by atomic mass is 32.1. The van der Waals surface area contributed by atoms with Gasteiger partial charge in [-0.2, -0.15) is 0 Å². The van der Waals surface area contributed by atoms with Crippen molar-refractivity contribution in [3.8, 4) is 0 Å². The first-order chi connectivity index (χ1) is 8.45. The monoisotopic (exact) mass is 265 g/mol. The minimum Gasteiger partial charge on any atom is -0.389 e. The van der Waals surface area contributed by atoms with Gasteiger partial charge in [-0.25, -0.2) is 4.98 Å². The number of pyridine rings is 1. The van der Waals surface area contributed by atoms with Crippen LogP contribution in [0.25, 0.3) is 0 Å². The van der Waals surface area contributed by atoms with Gasteiger partial charge in [0.05, 0.1) is 6.10 Å². The zero-order valence-electron chi connectivity index (χ0n) is 10.9. The highest BCUT2D eigenvalue weighted by molar-refractivity contribution is 7.80. The third-order valence-corrected chi connectivity index (χ3v) is 4.07. The zero-order chi connectivity index (χ0) is 13.3. The summed E-state index contributed by atoms with van der Waals surface area (Å²) >= 11 is 4.90. The van der Waals surface area contributed by atoms with Gasteiger partial charge in [-0.15, -0.1) is 0 Å². The van der Waals surface area contributed by atoms with Crippen LogP contribution in [0.4, 0.5) is 5.82 Å². The number of anilines is 1. The molecule has 1 aliphatic carbocycles. The third-order valence-electron chi connectivity index (χ3n) is 3.83. The average Bonchev–Trinajstić information content (AvgIpc) is 2.34. The minimum atomic E-state index is 0.123. The molecule has 0 aliphatic heterocycles. The maximum absolute atomic E-state index is 5.54. The van der Waals surface area contributed by atoms with Crippen LogP contribution in [-0.2, 0) is 4.74 Å². The lowest BCUT2D eigenvalue weighted by atomic mass is 9.64. The number of hydrogen-bond acceptors (Lipinski definition) is 4. The van der Waals surface area contributed by atoms with Gasteiger partial charge in [0.25, 0.3) is 0 Å². The molecule has 5 heteroatoms. The van der Waals surface area contributed by atoms with Gasteiger partial charge in [-0.05, 0) is 18.6 Å². The summed E-state index contributed by atoms with van der Waals surface area (Å²) in [5.74, 6) is 0.850. The highest BCUT2D eigenvalue weighted by Gasteiger charge is 2.48. The fourth-order valence-electron chi connectivity index (χ4n) is 2.33. The molecule has 1 aromatic heterocycles. The Morgan fingerprint density at radius 1 is 1.56 bits per heavy atom. The van der Waals surface area contributed by atoms with Crippen molar-refractivity contribution in [1.82, 2.24) is 4.98 Å². The van der Waals surface area contributed by atoms with Crippen molar-refractivity contribution in [2.24, 2.45) is 11.1 Å². The molecule has 0 spiro atoms. The SMILES string of the molecule is COC1CC(Nc2ccc(C(N)=S)cn2)C1(C)C. The number of thiocarbonyl (C=S) groups is 1. The molecule has 1 aromatic rings. The number of hydrogen-bond donors (Lipinski definition) is 2. The number of nitrogens with two attached hydrogens (primary N) is 1. The number of aromatic nitrogens is 1. The Morgan fingerprint density at radius 3 is 2.72 bits per heavy atom. The van der Waals surface area contributed by atoms with Crippen LogP contribution in [-0.4, -0.2) is 29.2 Å². The Kier molecular flexibility index (Phi) is 3.54. The van der Waals surface area contributed by atoms with Gasteiger partial charge in [-0.3, -0.25) is 0 Å². The van der Waals surface area contributed by atoms with E-state index in [0.29, 0.717) is 17.1 Å². The standard InChI is InChI=1S/C13H19N3OS/c1-13(2)9(6-10(13)17-3)16-11-5-4-8(7-15-11)12(14)18/h4-5,7,9-10H,6H2,1-3H3,(H2,14,18)(H,15,16). The van der Waals surface area contributed by atoms with Crippen molar-refractivity contribution in [2.45, 2.75) is 32.4 Å². The molecule has 98 valence electrons. The van der Waals surface area contributed by atoms with E-state index in [1.54, 1.807) is 13.3 Å². The van der Waals surface area contributed by atoms with Crippen LogP contribution in [0.5, 0.6) is 0 Å². The van der Waals surface area contributed by atoms with Crippen molar-refractivity contribution >= 4 is 23.0 Å². The van der Waals surface area contributed by atoms with Crippen molar-refractivity contribution in [3.05, 3.63) is 23.9 Å². The van der Waals surface area contributed by atoms with Crippen molar-refractivity contribution < 1.29 is 4.74 Å². The van der Waals surface area contributed by atoms with Crippen LogP contribution in [0.1, 0.15) is 25.8 Å². The quantitative estimate of drug-likeness (QED) is 0.815. The number of nitrogens with one attached hydrogen (secondary N) is 1. The molecule has 1 saturated carbocycles. The number of nitrogens with zero attached hydrogens (tertiary/aromatic N) is 1. The Balaban J connectivity index is 2.01. The molecule has 2 atom stereocenters. The first kappa shape index (κ1) is 13.2. The molecule has 0 bridgehead atoms. The molecule has 4 nitrogen and oxygen atoms in total. The highest BCUT2D eigenvalue weighted by Crippen LogP contribution is 2.43. The van der Waals surface area contributed by atoms with E-state index in [9.17, 15) is 0 Å². The van der Waals surface area contributed by atoms with E-state index in [0.717, 1.165) is 17.8 Å². The molecule has 2 rings (SSSR count). The molecule has 0 saturated heterocycles. The molecule has 1 fully saturated rings. The van der Waals surface area contributed by atoms with Crippen LogP contribution in [0.3, 0.4) is 0 Å². The molecule has 2 unspecified atom stereocenters. The molecule has 3 N–H and O–H groups in total. The van der Waals surface area contributed by atoms with E-state index in [-0.39, 0.29) is 5.41 Å². The van der Waals surface area contributed by atoms with Crippen LogP contribution >= 0.6 is 12.2 Å². The summed E-state index contributed by atoms with van der Waals surface area (Å²) in [6.45, 7) is 4.40. The Bertz CT molecular complexity index is 444. The summed E-state index contributed by atoms with van der Waals surface area (Å²) in [6, 6.07) is 4.17. The normalized spacial score (nSPS) is 25.3. The first-order valence-electron chi connectivity index (χ1n) is 6.00. The predicted molar refractivity (Wildman–Crippen MR) is 76.7 cm³/mol. The molecule has 1 heterocycles. The van der Waals surface area contributed by atoms with Crippen molar-refractivity contribution in [2.75, 3.05) is 12.4 Å². The average molecular weight is 265 g/mol. The molecular weight excluding hydrogens is 246 g/mol. The fourth-order valence-corrected chi connectivity index (χ4v) is 2.45. The van der Waals surface area contributed by atoms with Gasteiger partial charge in [0.15, 0.2) is 0 Å². The summed E-state index contributed by atoms with van der Waals surface area (Å²) in [7, 11) is 1.76. The van der Waals surface area contributed by atoms with Crippen molar-refractivity contribution in [1.29, 1.82) is 0 Å². The second kappa shape index (κ2) is 4.82. The van der Waals surface area contributed by atoms with Crippen LogP contribution in [0, 0.1) is 5.41 Å². The summed E-state index contributed by atoms with van der Waals surface area (Å²) < 4.78 is 5.43. The molecule has 1 aliphatic rings. The molecule has 0 aromatic carbocycles.